The van der Waals surface area contributed by atoms with Crippen molar-refractivity contribution < 1.29 is 4.79 Å². The summed E-state index contributed by atoms with van der Waals surface area (Å²) in [5.74, 6) is 0. The molecule has 1 rings (SSSR count). The highest BCUT2D eigenvalue weighted by atomic mass is 16.2. The van der Waals surface area contributed by atoms with Gasteiger partial charge >= 0.3 is 6.03 Å². The maximum absolute atomic E-state index is 9.00. The van der Waals surface area contributed by atoms with Gasteiger partial charge in [0.05, 0.1) is 0 Å². The standard InChI is InChI=1S/C10H11.CH4N2O/c1-9(2)8-10-6-4-3-5-7-10;2-1(3)4/h3-4,6-8H,1-2H3;(H4,2,3,4). The smallest absolute Gasteiger partial charge is 0.309 e. The summed E-state index contributed by atoms with van der Waals surface area (Å²) in [5, 5.41) is 0. The molecule has 0 aromatic heterocycles. The third-order valence-electron chi connectivity index (χ3n) is 1.19. The third kappa shape index (κ3) is 8.33. The highest BCUT2D eigenvalue weighted by Crippen LogP contribution is 2.03. The summed E-state index contributed by atoms with van der Waals surface area (Å²) in [4.78, 5) is 9.00. The monoisotopic (exact) mass is 191 g/mol. The van der Waals surface area contributed by atoms with Gasteiger partial charge in [-0.1, -0.05) is 29.8 Å². The van der Waals surface area contributed by atoms with Gasteiger partial charge in [0, 0.05) is 0 Å². The van der Waals surface area contributed by atoms with Crippen molar-refractivity contribution in [3.63, 3.8) is 0 Å². The second kappa shape index (κ2) is 6.71. The Morgan fingerprint density at radius 1 is 1.43 bits per heavy atom. The van der Waals surface area contributed by atoms with E-state index >= 15 is 0 Å². The van der Waals surface area contributed by atoms with Crippen LogP contribution in [0, 0.1) is 6.07 Å². The highest BCUT2D eigenvalue weighted by molar-refractivity contribution is 5.69. The summed E-state index contributed by atoms with van der Waals surface area (Å²) in [6.07, 6.45) is 2.14. The van der Waals surface area contributed by atoms with E-state index in [9.17, 15) is 0 Å². The molecule has 3 nitrogen and oxygen atoms in total. The summed E-state index contributed by atoms with van der Waals surface area (Å²) >= 11 is 0. The Hall–Kier alpha value is -1.77. The van der Waals surface area contributed by atoms with Crippen molar-refractivity contribution >= 4 is 12.1 Å². The van der Waals surface area contributed by atoms with E-state index in [1.54, 1.807) is 0 Å². The van der Waals surface area contributed by atoms with Crippen molar-refractivity contribution in [1.82, 2.24) is 0 Å². The fraction of sp³-hybridized carbons (Fsp3) is 0.182. The zero-order chi connectivity index (χ0) is 11.0. The molecular weight excluding hydrogens is 176 g/mol. The molecule has 4 N–H and O–H groups in total. The van der Waals surface area contributed by atoms with Crippen molar-refractivity contribution in [2.45, 2.75) is 13.8 Å². The van der Waals surface area contributed by atoms with E-state index in [1.807, 2.05) is 18.2 Å². The van der Waals surface area contributed by atoms with Crippen molar-refractivity contribution in [1.29, 1.82) is 0 Å². The van der Waals surface area contributed by atoms with Gasteiger partial charge in [-0.05, 0) is 31.5 Å². The Bertz CT molecular complexity index is 296. The average Bonchev–Trinajstić information content (AvgIpc) is 2.03. The van der Waals surface area contributed by atoms with Gasteiger partial charge in [0.2, 0.25) is 0 Å². The maximum Gasteiger partial charge on any atom is 0.309 e. The first-order valence-corrected chi connectivity index (χ1v) is 4.18. The van der Waals surface area contributed by atoms with Gasteiger partial charge in [0.25, 0.3) is 0 Å². The maximum atomic E-state index is 9.00. The van der Waals surface area contributed by atoms with Crippen LogP contribution in [0.25, 0.3) is 6.08 Å². The first-order valence-electron chi connectivity index (χ1n) is 4.18. The Labute approximate surface area is 84.4 Å². The Morgan fingerprint density at radius 2 is 2.00 bits per heavy atom. The van der Waals surface area contributed by atoms with E-state index in [-0.39, 0.29) is 0 Å². The lowest BCUT2D eigenvalue weighted by molar-refractivity contribution is 0.256. The second-order valence-electron chi connectivity index (χ2n) is 2.96. The number of nitrogens with two attached hydrogens (primary N) is 2. The van der Waals surface area contributed by atoms with E-state index in [0.29, 0.717) is 0 Å². The van der Waals surface area contributed by atoms with Crippen LogP contribution in [0.4, 0.5) is 4.79 Å². The largest absolute Gasteiger partial charge is 0.352 e. The predicted molar refractivity (Wildman–Crippen MR) is 58.4 cm³/mol. The molecule has 0 saturated heterocycles. The molecule has 1 aromatic rings. The lowest BCUT2D eigenvalue weighted by atomic mass is 10.2. The molecular formula is C11H15N2O. The molecule has 3 heteroatoms. The molecule has 0 spiro atoms. The fourth-order valence-corrected chi connectivity index (χ4v) is 0.830. The molecule has 14 heavy (non-hydrogen) atoms. The molecule has 2 amide bonds. The molecule has 0 aliphatic rings. The van der Waals surface area contributed by atoms with Gasteiger partial charge in [-0.15, -0.1) is 0 Å². The van der Waals surface area contributed by atoms with E-state index in [2.05, 4.69) is 43.5 Å². The summed E-state index contributed by atoms with van der Waals surface area (Å²) in [7, 11) is 0. The quantitative estimate of drug-likeness (QED) is 0.699. The molecule has 1 radical (unpaired) electrons. The summed E-state index contributed by atoms with van der Waals surface area (Å²) < 4.78 is 0. The normalized spacial score (nSPS) is 8.14. The Kier molecular flexibility index (Phi) is 5.87. The Morgan fingerprint density at radius 3 is 2.36 bits per heavy atom. The molecule has 1 aromatic carbocycles. The van der Waals surface area contributed by atoms with Crippen LogP contribution < -0.4 is 11.5 Å². The summed E-state index contributed by atoms with van der Waals surface area (Å²) in [5.41, 5.74) is 11.0. The van der Waals surface area contributed by atoms with Crippen LogP contribution in [0.3, 0.4) is 0 Å². The lowest BCUT2D eigenvalue weighted by Gasteiger charge is -1.91. The number of benzene rings is 1. The fourth-order valence-electron chi connectivity index (χ4n) is 0.830. The molecule has 0 unspecified atom stereocenters. The van der Waals surface area contributed by atoms with Crippen LogP contribution in [0.15, 0.2) is 29.8 Å². The number of carbonyl (C=O) groups is 1. The molecule has 0 saturated carbocycles. The van der Waals surface area contributed by atoms with Gasteiger partial charge in [-0.25, -0.2) is 4.79 Å². The van der Waals surface area contributed by atoms with Crippen LogP contribution in [0.2, 0.25) is 0 Å². The van der Waals surface area contributed by atoms with Crippen molar-refractivity contribution in [3.8, 4) is 0 Å². The minimum absolute atomic E-state index is 0.833. The minimum Gasteiger partial charge on any atom is -0.352 e. The molecule has 0 atom stereocenters. The van der Waals surface area contributed by atoms with Crippen molar-refractivity contribution in [3.05, 3.63) is 41.5 Å². The number of urea groups is 1. The average molecular weight is 191 g/mol. The van der Waals surface area contributed by atoms with E-state index < -0.39 is 6.03 Å². The lowest BCUT2D eigenvalue weighted by Crippen LogP contribution is -2.18. The second-order valence-corrected chi connectivity index (χ2v) is 2.96. The number of hydrogen-bond acceptors (Lipinski definition) is 1. The van der Waals surface area contributed by atoms with Crippen LogP contribution >= 0.6 is 0 Å². The van der Waals surface area contributed by atoms with Gasteiger partial charge < -0.3 is 11.5 Å². The van der Waals surface area contributed by atoms with Crippen molar-refractivity contribution in [2.24, 2.45) is 11.5 Å². The number of carbonyl (C=O) groups excluding carboxylic acids is 1. The van der Waals surface area contributed by atoms with E-state index in [0.717, 1.165) is 0 Å². The molecule has 0 fully saturated rings. The van der Waals surface area contributed by atoms with Crippen LogP contribution in [-0.2, 0) is 0 Å². The van der Waals surface area contributed by atoms with Crippen LogP contribution in [0.5, 0.6) is 0 Å². The van der Waals surface area contributed by atoms with Gasteiger partial charge in [0.15, 0.2) is 0 Å². The number of hydrogen-bond donors (Lipinski definition) is 2. The Balaban J connectivity index is 0.000000364. The van der Waals surface area contributed by atoms with Gasteiger partial charge in [-0.2, -0.15) is 0 Å². The zero-order valence-corrected chi connectivity index (χ0v) is 8.45. The molecule has 0 heterocycles. The topological polar surface area (TPSA) is 69.1 Å². The third-order valence-corrected chi connectivity index (χ3v) is 1.19. The molecule has 0 aliphatic carbocycles. The summed E-state index contributed by atoms with van der Waals surface area (Å²) in [6, 6.07) is 10.1. The number of primary amides is 2. The molecule has 0 aliphatic heterocycles. The van der Waals surface area contributed by atoms with Crippen molar-refractivity contribution in [2.75, 3.05) is 0 Å². The van der Waals surface area contributed by atoms with E-state index in [1.165, 1.54) is 11.1 Å². The molecule has 75 valence electrons. The zero-order valence-electron chi connectivity index (χ0n) is 8.45. The minimum atomic E-state index is -0.833. The van der Waals surface area contributed by atoms with E-state index in [4.69, 9.17) is 4.79 Å². The SMILES string of the molecule is CC(C)=Cc1c[c]ccc1.NC(N)=O. The number of allylic oxidation sites excluding steroid dienone is 1. The van der Waals surface area contributed by atoms with Gasteiger partial charge in [-0.3, -0.25) is 0 Å². The highest BCUT2D eigenvalue weighted by Gasteiger charge is 1.82. The molecule has 0 bridgehead atoms. The predicted octanol–water partition coefficient (Wildman–Crippen LogP) is 1.93. The van der Waals surface area contributed by atoms with Crippen LogP contribution in [-0.4, -0.2) is 6.03 Å². The van der Waals surface area contributed by atoms with Crippen LogP contribution in [0.1, 0.15) is 19.4 Å². The number of rotatable bonds is 1. The first kappa shape index (κ1) is 12.2. The van der Waals surface area contributed by atoms with Gasteiger partial charge in [0.1, 0.15) is 0 Å². The number of amides is 2. The first-order chi connectivity index (χ1) is 6.52. The summed E-state index contributed by atoms with van der Waals surface area (Å²) in [6.45, 7) is 4.18.